The van der Waals surface area contributed by atoms with Crippen LogP contribution in [0.15, 0.2) is 46.9 Å². The number of carbonyl (C=O) groups excluding carboxylic acids is 1. The number of nitrogens with one attached hydrogen (secondary N) is 1. The fraction of sp³-hybridized carbons (Fsp3) is 0.118. The molecular formula is C17H12FN3O4. The number of ether oxygens (including phenoxy) is 2. The van der Waals surface area contributed by atoms with Gasteiger partial charge in [0.2, 0.25) is 18.6 Å². The molecule has 0 atom stereocenters. The first-order valence-electron chi connectivity index (χ1n) is 7.45. The van der Waals surface area contributed by atoms with Gasteiger partial charge in [-0.2, -0.15) is 0 Å². The van der Waals surface area contributed by atoms with E-state index < -0.39 is 5.82 Å². The first kappa shape index (κ1) is 15.1. The zero-order valence-electron chi connectivity index (χ0n) is 12.9. The van der Waals surface area contributed by atoms with Crippen LogP contribution in [0.25, 0.3) is 11.5 Å². The Morgan fingerprint density at radius 2 is 2.00 bits per heavy atom. The van der Waals surface area contributed by atoms with Crippen LogP contribution in [0, 0.1) is 5.82 Å². The maximum atomic E-state index is 13.2. The summed E-state index contributed by atoms with van der Waals surface area (Å²) >= 11 is 0. The molecule has 0 saturated carbocycles. The molecule has 4 rings (SSSR count). The molecule has 1 N–H and O–H groups in total. The van der Waals surface area contributed by atoms with Crippen molar-refractivity contribution in [2.45, 2.75) is 6.42 Å². The monoisotopic (exact) mass is 341 g/mol. The summed E-state index contributed by atoms with van der Waals surface area (Å²) in [6, 6.07) is 11.0. The number of anilines is 1. The van der Waals surface area contributed by atoms with Crippen LogP contribution >= 0.6 is 0 Å². The van der Waals surface area contributed by atoms with E-state index in [-0.39, 0.29) is 31.0 Å². The van der Waals surface area contributed by atoms with Crippen LogP contribution in [0.5, 0.6) is 11.5 Å². The lowest BCUT2D eigenvalue weighted by Crippen LogP contribution is -2.14. The molecule has 7 nitrogen and oxygen atoms in total. The van der Waals surface area contributed by atoms with Crippen LogP contribution in [0.2, 0.25) is 0 Å². The molecule has 2 heterocycles. The van der Waals surface area contributed by atoms with Crippen molar-refractivity contribution in [3.63, 3.8) is 0 Å². The topological polar surface area (TPSA) is 86.5 Å². The Kier molecular flexibility index (Phi) is 3.77. The molecule has 3 aromatic rings. The summed E-state index contributed by atoms with van der Waals surface area (Å²) < 4.78 is 29.1. The van der Waals surface area contributed by atoms with Crippen LogP contribution in [0.1, 0.15) is 5.56 Å². The van der Waals surface area contributed by atoms with Crippen LogP contribution in [-0.2, 0) is 11.2 Å². The number of fused-ring (bicyclic) bond motifs is 1. The summed E-state index contributed by atoms with van der Waals surface area (Å²) in [5.41, 5.74) is 1.19. The van der Waals surface area contributed by atoms with Crippen molar-refractivity contribution >= 4 is 11.9 Å². The smallest absolute Gasteiger partial charge is 0.322 e. The Bertz CT molecular complexity index is 941. The van der Waals surface area contributed by atoms with E-state index in [0.717, 1.165) is 5.56 Å². The van der Waals surface area contributed by atoms with E-state index in [4.69, 9.17) is 13.9 Å². The number of carbonyl (C=O) groups is 1. The van der Waals surface area contributed by atoms with Crippen molar-refractivity contribution in [2.24, 2.45) is 0 Å². The fourth-order valence-corrected chi connectivity index (χ4v) is 2.41. The van der Waals surface area contributed by atoms with E-state index in [2.05, 4.69) is 15.5 Å². The molecule has 0 fully saturated rings. The fourth-order valence-electron chi connectivity index (χ4n) is 2.41. The highest BCUT2D eigenvalue weighted by Gasteiger charge is 2.16. The normalized spacial score (nSPS) is 12.2. The van der Waals surface area contributed by atoms with Gasteiger partial charge in [-0.05, 0) is 35.9 Å². The highest BCUT2D eigenvalue weighted by molar-refractivity contribution is 5.90. The van der Waals surface area contributed by atoms with Gasteiger partial charge in [0.1, 0.15) is 5.82 Å². The minimum Gasteiger partial charge on any atom is -0.454 e. The minimum absolute atomic E-state index is 0.0509. The van der Waals surface area contributed by atoms with Crippen molar-refractivity contribution in [1.82, 2.24) is 10.2 Å². The Morgan fingerprint density at radius 1 is 1.12 bits per heavy atom. The highest BCUT2D eigenvalue weighted by Crippen LogP contribution is 2.32. The first-order chi connectivity index (χ1) is 12.2. The molecule has 8 heteroatoms. The molecule has 1 amide bonds. The third-order valence-electron chi connectivity index (χ3n) is 3.54. The lowest BCUT2D eigenvalue weighted by Gasteiger charge is -2.02. The molecule has 1 aromatic heterocycles. The molecular weight excluding hydrogens is 329 g/mol. The Balaban J connectivity index is 1.43. The molecule has 25 heavy (non-hydrogen) atoms. The minimum atomic E-state index is -0.413. The van der Waals surface area contributed by atoms with E-state index in [1.54, 1.807) is 24.3 Å². The number of halogens is 1. The second-order valence-electron chi connectivity index (χ2n) is 5.34. The molecule has 1 aliphatic heterocycles. The van der Waals surface area contributed by atoms with Gasteiger partial charge in [0.15, 0.2) is 11.5 Å². The quantitative estimate of drug-likeness (QED) is 0.785. The van der Waals surface area contributed by atoms with Gasteiger partial charge in [-0.3, -0.25) is 10.1 Å². The first-order valence-corrected chi connectivity index (χ1v) is 7.45. The number of rotatable bonds is 4. The third kappa shape index (κ3) is 3.27. The average molecular weight is 341 g/mol. The van der Waals surface area contributed by atoms with Gasteiger partial charge in [0.25, 0.3) is 0 Å². The average Bonchev–Trinajstić information content (AvgIpc) is 3.23. The van der Waals surface area contributed by atoms with E-state index in [1.165, 1.54) is 18.2 Å². The van der Waals surface area contributed by atoms with Crippen LogP contribution in [0.4, 0.5) is 10.4 Å². The molecule has 0 spiro atoms. The summed E-state index contributed by atoms with van der Waals surface area (Å²) in [5.74, 6) is 0.646. The predicted molar refractivity (Wildman–Crippen MR) is 84.6 cm³/mol. The summed E-state index contributed by atoms with van der Waals surface area (Å²) in [4.78, 5) is 12.1. The van der Waals surface area contributed by atoms with Crippen LogP contribution in [-0.4, -0.2) is 22.9 Å². The van der Waals surface area contributed by atoms with Crippen molar-refractivity contribution in [3.05, 3.63) is 53.8 Å². The molecule has 0 bridgehead atoms. The lowest BCUT2D eigenvalue weighted by molar-refractivity contribution is -0.115. The molecule has 0 saturated heterocycles. The van der Waals surface area contributed by atoms with E-state index >= 15 is 0 Å². The Morgan fingerprint density at radius 3 is 2.88 bits per heavy atom. The summed E-state index contributed by atoms with van der Waals surface area (Å²) in [6.07, 6.45) is 0.105. The number of benzene rings is 2. The van der Waals surface area contributed by atoms with Crippen LogP contribution in [0.3, 0.4) is 0 Å². The van der Waals surface area contributed by atoms with Gasteiger partial charge < -0.3 is 13.9 Å². The van der Waals surface area contributed by atoms with Crippen molar-refractivity contribution < 1.29 is 23.1 Å². The summed E-state index contributed by atoms with van der Waals surface area (Å²) in [6.45, 7) is 0.176. The molecule has 1 aliphatic rings. The van der Waals surface area contributed by atoms with Gasteiger partial charge in [-0.15, -0.1) is 5.10 Å². The number of aromatic nitrogens is 2. The molecule has 0 unspecified atom stereocenters. The molecule has 0 radical (unpaired) electrons. The maximum Gasteiger partial charge on any atom is 0.322 e. The van der Waals surface area contributed by atoms with Gasteiger partial charge in [0, 0.05) is 5.56 Å². The Hall–Kier alpha value is -3.42. The third-order valence-corrected chi connectivity index (χ3v) is 3.54. The second-order valence-corrected chi connectivity index (χ2v) is 5.34. The van der Waals surface area contributed by atoms with Gasteiger partial charge >= 0.3 is 6.01 Å². The Labute approximate surface area is 141 Å². The van der Waals surface area contributed by atoms with Crippen molar-refractivity contribution in [3.8, 4) is 23.0 Å². The lowest BCUT2D eigenvalue weighted by atomic mass is 10.1. The van der Waals surface area contributed by atoms with Gasteiger partial charge in [0.05, 0.1) is 6.42 Å². The van der Waals surface area contributed by atoms with Gasteiger partial charge in [-0.25, -0.2) is 4.39 Å². The summed E-state index contributed by atoms with van der Waals surface area (Å²) in [7, 11) is 0. The zero-order chi connectivity index (χ0) is 17.2. The SMILES string of the molecule is O=C(Cc1ccc2c(c1)OCO2)Nc1nnc(-c2cccc(F)c2)o1. The summed E-state index contributed by atoms with van der Waals surface area (Å²) in [5, 5.41) is 10.1. The molecule has 0 aliphatic carbocycles. The largest absolute Gasteiger partial charge is 0.454 e. The van der Waals surface area contributed by atoms with Gasteiger partial charge in [-0.1, -0.05) is 17.2 Å². The second kappa shape index (κ2) is 6.23. The highest BCUT2D eigenvalue weighted by atomic mass is 19.1. The zero-order valence-corrected chi connectivity index (χ0v) is 12.9. The van der Waals surface area contributed by atoms with E-state index in [9.17, 15) is 9.18 Å². The molecule has 2 aromatic carbocycles. The number of hydrogen-bond donors (Lipinski definition) is 1. The maximum absolute atomic E-state index is 13.2. The van der Waals surface area contributed by atoms with E-state index in [0.29, 0.717) is 17.1 Å². The van der Waals surface area contributed by atoms with E-state index in [1.807, 2.05) is 0 Å². The van der Waals surface area contributed by atoms with Crippen LogP contribution < -0.4 is 14.8 Å². The standard InChI is InChI=1S/C17H12FN3O4/c18-12-3-1-2-11(8-12)16-20-21-17(25-16)19-15(22)7-10-4-5-13-14(6-10)24-9-23-13/h1-6,8H,7,9H2,(H,19,21,22). The number of amides is 1. The number of hydrogen-bond acceptors (Lipinski definition) is 6. The predicted octanol–water partition coefficient (Wildman–Crippen LogP) is 2.79. The number of nitrogens with zero attached hydrogens (tertiary/aromatic N) is 2. The molecule has 126 valence electrons. The van der Waals surface area contributed by atoms with Crippen molar-refractivity contribution in [2.75, 3.05) is 12.1 Å². The van der Waals surface area contributed by atoms with Crippen molar-refractivity contribution in [1.29, 1.82) is 0 Å².